The molecule has 37 heavy (non-hydrogen) atoms. The van der Waals surface area contributed by atoms with Gasteiger partial charge in [0, 0.05) is 40.9 Å². The van der Waals surface area contributed by atoms with Gasteiger partial charge in [0.2, 0.25) is 0 Å². The lowest BCUT2D eigenvalue weighted by atomic mass is 9.79. The number of hydrogen-bond donors (Lipinski definition) is 2. The van der Waals surface area contributed by atoms with E-state index in [2.05, 4.69) is 22.0 Å². The zero-order valence-electron chi connectivity index (χ0n) is 21.3. The number of benzene rings is 3. The van der Waals surface area contributed by atoms with Gasteiger partial charge in [-0.05, 0) is 62.7 Å². The Kier molecular flexibility index (Phi) is 7.11. The standard InChI is InChI=1S/C30H33N3O4/c1-30(2,25(21-8-4-3-5-9-21)14-15-32-16-18-37-19-17-32)33(36)29(35)22-12-13-24-27(20-22)31-26-11-7-6-10-23(26)28(24)34/h3-13,20,25,36H,14-19H2,1-2H3,(H,31,34). The fraction of sp³-hybridized carbons (Fsp3) is 0.333. The number of H-pyrrole nitrogens is 1. The molecule has 1 aliphatic heterocycles. The minimum atomic E-state index is -0.892. The molecule has 0 radical (unpaired) electrons. The van der Waals surface area contributed by atoms with E-state index in [4.69, 9.17) is 4.74 Å². The molecule has 2 heterocycles. The van der Waals surface area contributed by atoms with E-state index < -0.39 is 11.4 Å². The van der Waals surface area contributed by atoms with Crippen LogP contribution in [0.25, 0.3) is 21.8 Å². The van der Waals surface area contributed by atoms with Crippen molar-refractivity contribution in [3.8, 4) is 0 Å². The highest BCUT2D eigenvalue weighted by atomic mass is 16.5. The normalized spacial score (nSPS) is 15.6. The first-order valence-corrected chi connectivity index (χ1v) is 12.8. The van der Waals surface area contributed by atoms with Crippen LogP contribution in [0.3, 0.4) is 0 Å². The van der Waals surface area contributed by atoms with Gasteiger partial charge in [0.25, 0.3) is 5.91 Å². The number of carbonyl (C=O) groups is 1. The van der Waals surface area contributed by atoms with Crippen LogP contribution >= 0.6 is 0 Å². The van der Waals surface area contributed by atoms with Crippen molar-refractivity contribution in [1.29, 1.82) is 0 Å². The first-order valence-electron chi connectivity index (χ1n) is 12.8. The number of morpholine rings is 1. The molecule has 1 atom stereocenters. The van der Waals surface area contributed by atoms with Gasteiger partial charge in [-0.1, -0.05) is 42.5 Å². The summed E-state index contributed by atoms with van der Waals surface area (Å²) in [6.07, 6.45) is 0.776. The molecule has 1 aromatic heterocycles. The summed E-state index contributed by atoms with van der Waals surface area (Å²) in [5.41, 5.74) is 1.68. The zero-order valence-corrected chi connectivity index (χ0v) is 21.3. The zero-order chi connectivity index (χ0) is 26.0. The summed E-state index contributed by atoms with van der Waals surface area (Å²) in [4.78, 5) is 32.1. The molecule has 2 N–H and O–H groups in total. The molecule has 192 valence electrons. The highest BCUT2D eigenvalue weighted by molar-refractivity contribution is 5.99. The van der Waals surface area contributed by atoms with Crippen molar-refractivity contribution in [3.05, 3.63) is 94.1 Å². The molecule has 0 aliphatic carbocycles. The molecule has 1 unspecified atom stereocenters. The third-order valence-corrected chi connectivity index (χ3v) is 7.58. The van der Waals surface area contributed by atoms with E-state index in [1.807, 2.05) is 50.2 Å². The molecule has 7 nitrogen and oxygen atoms in total. The number of para-hydroxylation sites is 1. The summed E-state index contributed by atoms with van der Waals surface area (Å²) < 4.78 is 5.48. The average Bonchev–Trinajstić information content (AvgIpc) is 2.93. The smallest absolute Gasteiger partial charge is 0.277 e. The van der Waals surface area contributed by atoms with Crippen LogP contribution in [0, 0.1) is 0 Å². The molecule has 5 rings (SSSR count). The molecule has 7 heteroatoms. The molecule has 1 aliphatic rings. The van der Waals surface area contributed by atoms with Gasteiger partial charge >= 0.3 is 0 Å². The molecular weight excluding hydrogens is 466 g/mol. The first-order chi connectivity index (χ1) is 17.9. The topological polar surface area (TPSA) is 85.9 Å². The summed E-state index contributed by atoms with van der Waals surface area (Å²) in [5.74, 6) is -0.608. The Hall–Kier alpha value is -3.52. The minimum Gasteiger partial charge on any atom is -0.379 e. The van der Waals surface area contributed by atoms with E-state index in [-0.39, 0.29) is 11.3 Å². The number of hydroxylamine groups is 2. The van der Waals surface area contributed by atoms with E-state index in [0.29, 0.717) is 27.4 Å². The second kappa shape index (κ2) is 10.5. The molecular formula is C30H33N3O4. The Bertz CT molecular complexity index is 1460. The van der Waals surface area contributed by atoms with Crippen LogP contribution < -0.4 is 5.43 Å². The van der Waals surface area contributed by atoms with Crippen LogP contribution in [0.4, 0.5) is 0 Å². The van der Waals surface area contributed by atoms with Gasteiger partial charge in [0.05, 0.1) is 24.3 Å². The van der Waals surface area contributed by atoms with Crippen molar-refractivity contribution in [3.63, 3.8) is 0 Å². The number of ether oxygens (including phenoxy) is 1. The van der Waals surface area contributed by atoms with Gasteiger partial charge in [0.15, 0.2) is 5.43 Å². The Morgan fingerprint density at radius 1 is 1.00 bits per heavy atom. The maximum atomic E-state index is 13.6. The Balaban J connectivity index is 1.44. The summed E-state index contributed by atoms with van der Waals surface area (Å²) in [6.45, 7) is 7.86. The molecule has 1 fully saturated rings. The second-order valence-electron chi connectivity index (χ2n) is 10.2. The van der Waals surface area contributed by atoms with Crippen LogP contribution in [0.2, 0.25) is 0 Å². The lowest BCUT2D eigenvalue weighted by Crippen LogP contribution is -2.50. The second-order valence-corrected chi connectivity index (χ2v) is 10.2. The SMILES string of the molecule is CC(C)(C(CCN1CCOCC1)c1ccccc1)N(O)C(=O)c1ccc2c(=O)c3ccccc3[nH]c2c1. The number of aromatic nitrogens is 1. The predicted molar refractivity (Wildman–Crippen MR) is 145 cm³/mol. The van der Waals surface area contributed by atoms with Crippen LogP contribution in [0.1, 0.15) is 42.1 Å². The largest absolute Gasteiger partial charge is 0.379 e. The van der Waals surface area contributed by atoms with Crippen LogP contribution in [-0.4, -0.2) is 64.4 Å². The monoisotopic (exact) mass is 499 g/mol. The van der Waals surface area contributed by atoms with E-state index in [1.54, 1.807) is 24.3 Å². The number of aromatic amines is 1. The summed E-state index contributed by atoms with van der Waals surface area (Å²) in [6, 6.07) is 22.3. The van der Waals surface area contributed by atoms with Gasteiger partial charge in [-0.25, -0.2) is 5.06 Å². The third-order valence-electron chi connectivity index (χ3n) is 7.58. The fourth-order valence-electron chi connectivity index (χ4n) is 5.34. The minimum absolute atomic E-state index is 0.0863. The van der Waals surface area contributed by atoms with Crippen molar-refractivity contribution in [1.82, 2.24) is 14.9 Å². The Labute approximate surface area is 216 Å². The van der Waals surface area contributed by atoms with Crippen LogP contribution in [0.15, 0.2) is 77.6 Å². The van der Waals surface area contributed by atoms with Gasteiger partial charge < -0.3 is 9.72 Å². The third kappa shape index (κ3) is 5.03. The summed E-state index contributed by atoms with van der Waals surface area (Å²) in [7, 11) is 0. The van der Waals surface area contributed by atoms with E-state index in [0.717, 1.165) is 49.9 Å². The van der Waals surface area contributed by atoms with Gasteiger partial charge in [0.1, 0.15) is 0 Å². The highest BCUT2D eigenvalue weighted by Gasteiger charge is 2.39. The number of hydrogen-bond acceptors (Lipinski definition) is 5. The van der Waals surface area contributed by atoms with Crippen molar-refractivity contribution in [2.75, 3.05) is 32.8 Å². The number of carbonyl (C=O) groups excluding carboxylic acids is 1. The molecule has 1 amide bonds. The molecule has 0 spiro atoms. The first kappa shape index (κ1) is 25.1. The van der Waals surface area contributed by atoms with Crippen LogP contribution in [0.5, 0.6) is 0 Å². The van der Waals surface area contributed by atoms with E-state index in [9.17, 15) is 14.8 Å². The number of nitrogens with one attached hydrogen (secondary N) is 1. The predicted octanol–water partition coefficient (Wildman–Crippen LogP) is 4.80. The number of fused-ring (bicyclic) bond motifs is 2. The van der Waals surface area contributed by atoms with Gasteiger partial charge in [-0.2, -0.15) is 0 Å². The van der Waals surface area contributed by atoms with Crippen molar-refractivity contribution >= 4 is 27.7 Å². The fourth-order valence-corrected chi connectivity index (χ4v) is 5.34. The maximum Gasteiger partial charge on any atom is 0.277 e. The average molecular weight is 500 g/mol. The van der Waals surface area contributed by atoms with Crippen molar-refractivity contribution < 1.29 is 14.7 Å². The van der Waals surface area contributed by atoms with Crippen LogP contribution in [-0.2, 0) is 4.74 Å². The summed E-state index contributed by atoms with van der Waals surface area (Å²) in [5, 5.41) is 13.3. The van der Waals surface area contributed by atoms with Crippen molar-refractivity contribution in [2.24, 2.45) is 0 Å². The van der Waals surface area contributed by atoms with Gasteiger partial charge in [-0.3, -0.25) is 19.7 Å². The molecule has 0 saturated carbocycles. The molecule has 3 aromatic carbocycles. The number of amides is 1. The molecule has 4 aromatic rings. The van der Waals surface area contributed by atoms with Crippen molar-refractivity contribution in [2.45, 2.75) is 31.7 Å². The Morgan fingerprint density at radius 3 is 2.43 bits per heavy atom. The lowest BCUT2D eigenvalue weighted by Gasteiger charge is -2.41. The number of pyridine rings is 1. The molecule has 0 bridgehead atoms. The Morgan fingerprint density at radius 2 is 1.68 bits per heavy atom. The van der Waals surface area contributed by atoms with Gasteiger partial charge in [-0.15, -0.1) is 0 Å². The van der Waals surface area contributed by atoms with E-state index in [1.165, 1.54) is 0 Å². The summed E-state index contributed by atoms with van der Waals surface area (Å²) >= 11 is 0. The maximum absolute atomic E-state index is 13.6. The number of nitrogens with zero attached hydrogens (tertiary/aromatic N) is 2. The lowest BCUT2D eigenvalue weighted by molar-refractivity contribution is -0.131. The quantitative estimate of drug-likeness (QED) is 0.217. The van der Waals surface area contributed by atoms with E-state index >= 15 is 0 Å². The molecule has 1 saturated heterocycles. The number of rotatable bonds is 7. The highest BCUT2D eigenvalue weighted by Crippen LogP contribution is 2.36.